The molecule has 2 aromatic rings. The first-order valence-corrected chi connectivity index (χ1v) is 4.78. The SMILES string of the molecule is NCc1ccncc1-n1ccc(C(F)(F)F)n1. The highest BCUT2D eigenvalue weighted by molar-refractivity contribution is 5.37. The third-order valence-corrected chi connectivity index (χ3v) is 2.23. The smallest absolute Gasteiger partial charge is 0.326 e. The molecule has 2 N–H and O–H groups in total. The fourth-order valence-corrected chi connectivity index (χ4v) is 1.40. The van der Waals surface area contributed by atoms with E-state index in [0.717, 1.165) is 10.7 Å². The van der Waals surface area contributed by atoms with Crippen LogP contribution in [0.2, 0.25) is 0 Å². The molecule has 0 atom stereocenters. The number of hydrogen-bond acceptors (Lipinski definition) is 3. The van der Waals surface area contributed by atoms with Gasteiger partial charge < -0.3 is 5.73 Å². The molecule has 2 rings (SSSR count). The number of halogens is 3. The second-order valence-electron chi connectivity index (χ2n) is 3.35. The summed E-state index contributed by atoms with van der Waals surface area (Å²) in [7, 11) is 0. The third-order valence-electron chi connectivity index (χ3n) is 2.23. The van der Waals surface area contributed by atoms with E-state index in [1.165, 1.54) is 18.6 Å². The molecule has 0 aliphatic heterocycles. The van der Waals surface area contributed by atoms with Crippen LogP contribution < -0.4 is 5.73 Å². The molecule has 0 bridgehead atoms. The molecule has 0 spiro atoms. The zero-order valence-corrected chi connectivity index (χ0v) is 8.65. The number of pyridine rings is 1. The van der Waals surface area contributed by atoms with Gasteiger partial charge in [-0.1, -0.05) is 0 Å². The fourth-order valence-electron chi connectivity index (χ4n) is 1.40. The highest BCUT2D eigenvalue weighted by atomic mass is 19.4. The molecule has 17 heavy (non-hydrogen) atoms. The van der Waals surface area contributed by atoms with E-state index in [2.05, 4.69) is 10.1 Å². The summed E-state index contributed by atoms with van der Waals surface area (Å²) in [6, 6.07) is 2.55. The van der Waals surface area contributed by atoms with E-state index < -0.39 is 11.9 Å². The number of rotatable bonds is 2. The zero-order valence-electron chi connectivity index (χ0n) is 8.65. The average molecular weight is 242 g/mol. The Morgan fingerprint density at radius 1 is 1.29 bits per heavy atom. The van der Waals surface area contributed by atoms with E-state index >= 15 is 0 Å². The summed E-state index contributed by atoms with van der Waals surface area (Å²) in [6.45, 7) is 0.207. The number of nitrogens with two attached hydrogens (primary N) is 1. The second-order valence-corrected chi connectivity index (χ2v) is 3.35. The van der Waals surface area contributed by atoms with Crippen molar-refractivity contribution >= 4 is 0 Å². The molecule has 0 unspecified atom stereocenters. The average Bonchev–Trinajstić information content (AvgIpc) is 2.77. The summed E-state index contributed by atoms with van der Waals surface area (Å²) < 4.78 is 38.3. The van der Waals surface area contributed by atoms with E-state index in [-0.39, 0.29) is 6.54 Å². The van der Waals surface area contributed by atoms with E-state index in [1.54, 1.807) is 6.07 Å². The summed E-state index contributed by atoms with van der Waals surface area (Å²) in [4.78, 5) is 3.84. The first-order chi connectivity index (χ1) is 8.02. The van der Waals surface area contributed by atoms with Crippen LogP contribution >= 0.6 is 0 Å². The summed E-state index contributed by atoms with van der Waals surface area (Å²) >= 11 is 0. The van der Waals surface area contributed by atoms with Crippen LogP contribution in [-0.4, -0.2) is 14.8 Å². The van der Waals surface area contributed by atoms with E-state index in [9.17, 15) is 13.2 Å². The molecular formula is C10H9F3N4. The Kier molecular flexibility index (Phi) is 2.84. The van der Waals surface area contributed by atoms with Gasteiger partial charge in [-0.25, -0.2) is 4.68 Å². The number of aromatic nitrogens is 3. The van der Waals surface area contributed by atoms with E-state index in [0.29, 0.717) is 11.3 Å². The molecule has 90 valence electrons. The highest BCUT2D eigenvalue weighted by Crippen LogP contribution is 2.28. The summed E-state index contributed by atoms with van der Waals surface area (Å²) in [5, 5.41) is 3.46. The molecule has 0 amide bonds. The Bertz CT molecular complexity index is 518. The van der Waals surface area contributed by atoms with Crippen molar-refractivity contribution in [1.82, 2.24) is 14.8 Å². The van der Waals surface area contributed by atoms with Crippen LogP contribution in [0.5, 0.6) is 0 Å². The van der Waals surface area contributed by atoms with E-state index in [1.807, 2.05) is 0 Å². The summed E-state index contributed by atoms with van der Waals surface area (Å²) in [6.07, 6.45) is -0.259. The first-order valence-electron chi connectivity index (χ1n) is 4.78. The van der Waals surface area contributed by atoms with Crippen molar-refractivity contribution in [2.45, 2.75) is 12.7 Å². The summed E-state index contributed by atoms with van der Waals surface area (Å²) in [5.41, 5.74) is 5.68. The van der Waals surface area contributed by atoms with Gasteiger partial charge in [0.25, 0.3) is 0 Å². The van der Waals surface area contributed by atoms with Gasteiger partial charge in [0, 0.05) is 18.9 Å². The first kappa shape index (κ1) is 11.6. The minimum absolute atomic E-state index is 0.207. The molecule has 0 radical (unpaired) electrons. The molecule has 0 fully saturated rings. The topological polar surface area (TPSA) is 56.7 Å². The molecule has 2 aromatic heterocycles. The summed E-state index contributed by atoms with van der Waals surface area (Å²) in [5.74, 6) is 0. The van der Waals surface area contributed by atoms with Gasteiger partial charge in [0.2, 0.25) is 0 Å². The lowest BCUT2D eigenvalue weighted by molar-refractivity contribution is -0.141. The molecule has 2 heterocycles. The predicted octanol–water partition coefficient (Wildman–Crippen LogP) is 1.74. The molecule has 7 heteroatoms. The zero-order chi connectivity index (χ0) is 12.5. The Labute approximate surface area is 94.9 Å². The number of alkyl halides is 3. The van der Waals surface area contributed by atoms with Crippen LogP contribution in [0.25, 0.3) is 5.69 Å². The van der Waals surface area contributed by atoms with Crippen LogP contribution in [-0.2, 0) is 12.7 Å². The van der Waals surface area contributed by atoms with Crippen LogP contribution in [0.1, 0.15) is 11.3 Å². The Balaban J connectivity index is 2.44. The monoisotopic (exact) mass is 242 g/mol. The van der Waals surface area contributed by atoms with Crippen molar-refractivity contribution < 1.29 is 13.2 Å². The van der Waals surface area contributed by atoms with Crippen molar-refractivity contribution in [2.24, 2.45) is 5.73 Å². The minimum atomic E-state index is -4.45. The van der Waals surface area contributed by atoms with Crippen LogP contribution in [0.15, 0.2) is 30.7 Å². The quantitative estimate of drug-likeness (QED) is 0.872. The molecule has 4 nitrogen and oxygen atoms in total. The maximum Gasteiger partial charge on any atom is 0.435 e. The van der Waals surface area contributed by atoms with Gasteiger partial charge in [-0.2, -0.15) is 18.3 Å². The van der Waals surface area contributed by atoms with Crippen molar-refractivity contribution in [3.8, 4) is 5.69 Å². The van der Waals surface area contributed by atoms with Crippen LogP contribution in [0.3, 0.4) is 0 Å². The molecular weight excluding hydrogens is 233 g/mol. The molecule has 0 aromatic carbocycles. The van der Waals surface area contributed by atoms with Crippen LogP contribution in [0, 0.1) is 0 Å². The molecule has 0 saturated carbocycles. The van der Waals surface area contributed by atoms with Gasteiger partial charge in [-0.3, -0.25) is 4.98 Å². The van der Waals surface area contributed by atoms with Crippen molar-refractivity contribution in [3.05, 3.63) is 42.0 Å². The molecule has 0 aliphatic rings. The largest absolute Gasteiger partial charge is 0.435 e. The van der Waals surface area contributed by atoms with Crippen molar-refractivity contribution in [2.75, 3.05) is 0 Å². The minimum Gasteiger partial charge on any atom is -0.326 e. The van der Waals surface area contributed by atoms with Crippen LogP contribution in [0.4, 0.5) is 13.2 Å². The third kappa shape index (κ3) is 2.28. The van der Waals surface area contributed by atoms with Crippen molar-refractivity contribution in [3.63, 3.8) is 0 Å². The molecule has 0 saturated heterocycles. The highest BCUT2D eigenvalue weighted by Gasteiger charge is 2.33. The maximum absolute atomic E-state index is 12.4. The van der Waals surface area contributed by atoms with Gasteiger partial charge >= 0.3 is 6.18 Å². The Morgan fingerprint density at radius 3 is 2.65 bits per heavy atom. The lowest BCUT2D eigenvalue weighted by Gasteiger charge is -2.06. The van der Waals surface area contributed by atoms with E-state index in [4.69, 9.17) is 5.73 Å². The van der Waals surface area contributed by atoms with Gasteiger partial charge in [0.15, 0.2) is 5.69 Å². The van der Waals surface area contributed by atoms with Gasteiger partial charge in [-0.15, -0.1) is 0 Å². The number of hydrogen-bond donors (Lipinski definition) is 1. The Morgan fingerprint density at radius 2 is 2.06 bits per heavy atom. The fraction of sp³-hybridized carbons (Fsp3) is 0.200. The Hall–Kier alpha value is -1.89. The normalized spacial score (nSPS) is 11.8. The number of nitrogens with zero attached hydrogens (tertiary/aromatic N) is 3. The predicted molar refractivity (Wildman–Crippen MR) is 54.3 cm³/mol. The van der Waals surface area contributed by atoms with Gasteiger partial charge in [0.1, 0.15) is 0 Å². The lowest BCUT2D eigenvalue weighted by atomic mass is 10.2. The standard InChI is InChI=1S/C10H9F3N4/c11-10(12,13)9-2-4-17(16-9)8-6-15-3-1-7(8)5-14/h1-4,6H,5,14H2. The second kappa shape index (κ2) is 4.17. The lowest BCUT2D eigenvalue weighted by Crippen LogP contribution is -2.09. The van der Waals surface area contributed by atoms with Crippen molar-refractivity contribution in [1.29, 1.82) is 0 Å². The van der Waals surface area contributed by atoms with Gasteiger partial charge in [-0.05, 0) is 17.7 Å². The maximum atomic E-state index is 12.4. The van der Waals surface area contributed by atoms with Gasteiger partial charge in [0.05, 0.1) is 11.9 Å². The molecule has 0 aliphatic carbocycles.